The van der Waals surface area contributed by atoms with Crippen LogP contribution >= 0.6 is 11.3 Å². The molecule has 19 heavy (non-hydrogen) atoms. The number of nitro benzene ring substituents is 1. The van der Waals surface area contributed by atoms with Crippen LogP contribution in [0.25, 0.3) is 6.08 Å². The number of hydrogen-bond acceptors (Lipinski definition) is 4. The number of carbonyl (C=O) groups is 1. The fourth-order valence-corrected chi connectivity index (χ4v) is 3.01. The van der Waals surface area contributed by atoms with Crippen molar-refractivity contribution >= 4 is 28.9 Å². The van der Waals surface area contributed by atoms with Gasteiger partial charge in [-0.25, -0.2) is 0 Å². The molecule has 1 heterocycles. The summed E-state index contributed by atoms with van der Waals surface area (Å²) in [7, 11) is 0. The topological polar surface area (TPSA) is 60.2 Å². The van der Waals surface area contributed by atoms with Crippen LogP contribution in [0.1, 0.15) is 20.8 Å². The highest BCUT2D eigenvalue weighted by atomic mass is 32.1. The third-order valence-corrected chi connectivity index (χ3v) is 4.00. The SMILES string of the molecule is O=C1C(=Cc2ccc([N+](=O)[O-])cc2)Cc2sccc21. The van der Waals surface area contributed by atoms with Crippen molar-refractivity contribution in [1.29, 1.82) is 0 Å². The minimum Gasteiger partial charge on any atom is -0.289 e. The van der Waals surface area contributed by atoms with E-state index in [1.807, 2.05) is 11.4 Å². The number of non-ortho nitro benzene ring substituents is 1. The van der Waals surface area contributed by atoms with Gasteiger partial charge in [0.15, 0.2) is 5.78 Å². The van der Waals surface area contributed by atoms with Crippen LogP contribution in [0.5, 0.6) is 0 Å². The quantitative estimate of drug-likeness (QED) is 0.477. The molecule has 5 heteroatoms. The molecule has 0 atom stereocenters. The van der Waals surface area contributed by atoms with E-state index in [0.29, 0.717) is 6.42 Å². The highest BCUT2D eigenvalue weighted by Gasteiger charge is 2.25. The minimum atomic E-state index is -0.435. The molecule has 1 aromatic carbocycles. The molecular formula is C14H9NO3S. The Hall–Kier alpha value is -2.27. The van der Waals surface area contributed by atoms with E-state index in [4.69, 9.17) is 0 Å². The van der Waals surface area contributed by atoms with E-state index in [2.05, 4.69) is 0 Å². The highest BCUT2D eigenvalue weighted by molar-refractivity contribution is 7.10. The molecule has 0 unspecified atom stereocenters. The van der Waals surface area contributed by atoms with Crippen molar-refractivity contribution in [2.24, 2.45) is 0 Å². The van der Waals surface area contributed by atoms with Gasteiger partial charge >= 0.3 is 0 Å². The molecule has 0 saturated carbocycles. The Morgan fingerprint density at radius 3 is 2.58 bits per heavy atom. The van der Waals surface area contributed by atoms with Crippen molar-refractivity contribution < 1.29 is 9.72 Å². The number of ketones is 1. The second kappa shape index (κ2) is 4.44. The van der Waals surface area contributed by atoms with Gasteiger partial charge in [-0.3, -0.25) is 14.9 Å². The maximum Gasteiger partial charge on any atom is 0.269 e. The lowest BCUT2D eigenvalue weighted by molar-refractivity contribution is -0.384. The van der Waals surface area contributed by atoms with Gasteiger partial charge in [-0.1, -0.05) is 0 Å². The molecule has 1 aliphatic rings. The summed E-state index contributed by atoms with van der Waals surface area (Å²) in [6.07, 6.45) is 2.46. The van der Waals surface area contributed by atoms with Gasteiger partial charge in [0.1, 0.15) is 0 Å². The molecular weight excluding hydrogens is 262 g/mol. The molecule has 0 saturated heterocycles. The third-order valence-electron chi connectivity index (χ3n) is 3.08. The second-order valence-corrected chi connectivity index (χ2v) is 5.28. The van der Waals surface area contributed by atoms with Crippen LogP contribution in [0.3, 0.4) is 0 Å². The maximum atomic E-state index is 12.1. The second-order valence-electron chi connectivity index (χ2n) is 4.28. The summed E-state index contributed by atoms with van der Waals surface area (Å²) in [5, 5.41) is 12.5. The molecule has 0 bridgehead atoms. The number of allylic oxidation sites excluding steroid dienone is 1. The third kappa shape index (κ3) is 2.08. The van der Waals surface area contributed by atoms with Crippen molar-refractivity contribution in [3.63, 3.8) is 0 Å². The van der Waals surface area contributed by atoms with Gasteiger partial charge in [-0.15, -0.1) is 11.3 Å². The summed E-state index contributed by atoms with van der Waals surface area (Å²) in [6, 6.07) is 8.05. The Bertz CT molecular complexity index is 698. The lowest BCUT2D eigenvalue weighted by Crippen LogP contribution is -1.94. The highest BCUT2D eigenvalue weighted by Crippen LogP contribution is 2.31. The molecule has 0 amide bonds. The predicted molar refractivity (Wildman–Crippen MR) is 73.4 cm³/mol. The normalized spacial score (nSPS) is 15.8. The van der Waals surface area contributed by atoms with Gasteiger partial charge < -0.3 is 0 Å². The molecule has 1 aromatic heterocycles. The van der Waals surface area contributed by atoms with Gasteiger partial charge in [0, 0.05) is 34.6 Å². The van der Waals surface area contributed by atoms with Crippen LogP contribution in [0, 0.1) is 10.1 Å². The van der Waals surface area contributed by atoms with Crippen LogP contribution < -0.4 is 0 Å². The average Bonchev–Trinajstić information content (AvgIpc) is 2.95. The molecule has 1 aliphatic carbocycles. The van der Waals surface area contributed by atoms with Crippen molar-refractivity contribution in [2.75, 3.05) is 0 Å². The first-order valence-electron chi connectivity index (χ1n) is 5.71. The fourth-order valence-electron chi connectivity index (χ4n) is 2.12. The number of nitrogens with zero attached hydrogens (tertiary/aromatic N) is 1. The summed E-state index contributed by atoms with van der Waals surface area (Å²) in [5.41, 5.74) is 2.40. The first kappa shape index (κ1) is 11.8. The standard InChI is InChI=1S/C14H9NO3S/c16-14-10(8-13-12(14)5-6-19-13)7-9-1-3-11(4-2-9)15(17)18/h1-7H,8H2. The molecule has 0 spiro atoms. The molecule has 0 radical (unpaired) electrons. The van der Waals surface area contributed by atoms with E-state index in [1.165, 1.54) is 12.1 Å². The van der Waals surface area contributed by atoms with Crippen molar-refractivity contribution in [2.45, 2.75) is 6.42 Å². The van der Waals surface area contributed by atoms with Gasteiger partial charge in [-0.05, 0) is 35.2 Å². The number of thiophene rings is 1. The first-order chi connectivity index (χ1) is 9.15. The number of rotatable bonds is 2. The zero-order chi connectivity index (χ0) is 13.4. The van der Waals surface area contributed by atoms with Crippen LogP contribution in [-0.2, 0) is 6.42 Å². The molecule has 2 aromatic rings. The Kier molecular flexibility index (Phi) is 2.76. The van der Waals surface area contributed by atoms with E-state index in [1.54, 1.807) is 29.5 Å². The van der Waals surface area contributed by atoms with E-state index < -0.39 is 4.92 Å². The summed E-state index contributed by atoms with van der Waals surface area (Å²) in [5.74, 6) is 0.0644. The summed E-state index contributed by atoms with van der Waals surface area (Å²) in [4.78, 5) is 23.3. The van der Waals surface area contributed by atoms with E-state index >= 15 is 0 Å². The first-order valence-corrected chi connectivity index (χ1v) is 6.59. The fraction of sp³-hybridized carbons (Fsp3) is 0.0714. The Labute approximate surface area is 113 Å². The smallest absolute Gasteiger partial charge is 0.269 e. The Balaban J connectivity index is 1.89. The van der Waals surface area contributed by atoms with E-state index in [9.17, 15) is 14.9 Å². The largest absolute Gasteiger partial charge is 0.289 e. The van der Waals surface area contributed by atoms with Gasteiger partial charge in [0.25, 0.3) is 5.69 Å². The monoisotopic (exact) mass is 271 g/mol. The van der Waals surface area contributed by atoms with Crippen molar-refractivity contribution in [1.82, 2.24) is 0 Å². The van der Waals surface area contributed by atoms with Crippen LogP contribution in [-0.4, -0.2) is 10.7 Å². The van der Waals surface area contributed by atoms with Gasteiger partial charge in [-0.2, -0.15) is 0 Å². The maximum absolute atomic E-state index is 12.1. The summed E-state index contributed by atoms with van der Waals surface area (Å²) < 4.78 is 0. The molecule has 94 valence electrons. The lowest BCUT2D eigenvalue weighted by Gasteiger charge is -1.97. The Morgan fingerprint density at radius 1 is 1.21 bits per heavy atom. The minimum absolute atomic E-state index is 0.0546. The lowest BCUT2D eigenvalue weighted by atomic mass is 10.1. The van der Waals surface area contributed by atoms with Crippen molar-refractivity contribution in [3.05, 3.63) is 67.4 Å². The van der Waals surface area contributed by atoms with Crippen LogP contribution in [0.2, 0.25) is 0 Å². The number of carbonyl (C=O) groups excluding carboxylic acids is 1. The number of Topliss-reactive ketones (excluding diaryl/α,β-unsaturated/α-hetero) is 1. The van der Waals surface area contributed by atoms with Gasteiger partial charge in [0.05, 0.1) is 4.92 Å². The number of fused-ring (bicyclic) bond motifs is 1. The number of benzene rings is 1. The zero-order valence-corrected chi connectivity index (χ0v) is 10.6. The molecule has 0 fully saturated rings. The van der Waals surface area contributed by atoms with Gasteiger partial charge in [0.2, 0.25) is 0 Å². The summed E-state index contributed by atoms with van der Waals surface area (Å²) >= 11 is 1.59. The van der Waals surface area contributed by atoms with E-state index in [-0.39, 0.29) is 11.5 Å². The molecule has 3 rings (SSSR count). The predicted octanol–water partition coefficient (Wildman–Crippen LogP) is 3.48. The van der Waals surface area contributed by atoms with Crippen LogP contribution in [0.4, 0.5) is 5.69 Å². The van der Waals surface area contributed by atoms with Crippen LogP contribution in [0.15, 0.2) is 41.3 Å². The zero-order valence-electron chi connectivity index (χ0n) is 9.83. The molecule has 0 aliphatic heterocycles. The number of nitro groups is 1. The number of hydrogen-bond donors (Lipinski definition) is 0. The average molecular weight is 271 g/mol. The molecule has 4 nitrogen and oxygen atoms in total. The van der Waals surface area contributed by atoms with Crippen molar-refractivity contribution in [3.8, 4) is 0 Å². The summed E-state index contributed by atoms with van der Waals surface area (Å²) in [6.45, 7) is 0. The Morgan fingerprint density at radius 2 is 1.95 bits per heavy atom. The molecule has 0 N–H and O–H groups in total. The van der Waals surface area contributed by atoms with E-state index in [0.717, 1.165) is 21.6 Å².